The number of nitrogens with zero attached hydrogens (tertiary/aromatic N) is 3. The molecule has 0 aliphatic rings. The van der Waals surface area contributed by atoms with Crippen molar-refractivity contribution in [2.24, 2.45) is 0 Å². The van der Waals surface area contributed by atoms with Crippen LogP contribution in [-0.2, 0) is 6.54 Å². The van der Waals surface area contributed by atoms with Crippen molar-refractivity contribution >= 4 is 17.3 Å². The van der Waals surface area contributed by atoms with E-state index < -0.39 is 0 Å². The SMILES string of the molecule is CN(C)c1ccc(C(=O)Nc2ccc(Cn3ccnc3)cc2)cc1. The third kappa shape index (κ3) is 3.81. The first-order valence-corrected chi connectivity index (χ1v) is 7.75. The first-order valence-electron chi connectivity index (χ1n) is 7.75. The van der Waals surface area contributed by atoms with E-state index in [1.165, 1.54) is 0 Å². The fourth-order valence-corrected chi connectivity index (χ4v) is 2.40. The Balaban J connectivity index is 1.63. The number of aromatic nitrogens is 2. The first-order chi connectivity index (χ1) is 11.6. The van der Waals surface area contributed by atoms with E-state index >= 15 is 0 Å². The van der Waals surface area contributed by atoms with Crippen LogP contribution < -0.4 is 10.2 Å². The van der Waals surface area contributed by atoms with Crippen LogP contribution >= 0.6 is 0 Å². The molecular weight excluding hydrogens is 300 g/mol. The lowest BCUT2D eigenvalue weighted by Gasteiger charge is -2.12. The van der Waals surface area contributed by atoms with Gasteiger partial charge < -0.3 is 14.8 Å². The highest BCUT2D eigenvalue weighted by atomic mass is 16.1. The third-order valence-corrected chi connectivity index (χ3v) is 3.78. The Morgan fingerprint density at radius 2 is 1.79 bits per heavy atom. The zero-order valence-corrected chi connectivity index (χ0v) is 13.8. The van der Waals surface area contributed by atoms with Crippen LogP contribution in [0.1, 0.15) is 15.9 Å². The van der Waals surface area contributed by atoms with Crippen molar-refractivity contribution in [2.75, 3.05) is 24.3 Å². The Morgan fingerprint density at radius 3 is 2.38 bits per heavy atom. The molecule has 2 aromatic carbocycles. The third-order valence-electron chi connectivity index (χ3n) is 3.78. The average molecular weight is 320 g/mol. The minimum atomic E-state index is -0.109. The van der Waals surface area contributed by atoms with Crippen molar-refractivity contribution in [1.29, 1.82) is 0 Å². The van der Waals surface area contributed by atoms with Gasteiger partial charge in [-0.3, -0.25) is 4.79 Å². The molecule has 1 amide bonds. The maximum atomic E-state index is 12.3. The topological polar surface area (TPSA) is 50.2 Å². The number of carbonyl (C=O) groups excluding carboxylic acids is 1. The second-order valence-corrected chi connectivity index (χ2v) is 5.83. The number of imidazole rings is 1. The molecule has 0 radical (unpaired) electrons. The molecule has 3 aromatic rings. The fraction of sp³-hybridized carbons (Fsp3) is 0.158. The average Bonchev–Trinajstić information content (AvgIpc) is 3.09. The van der Waals surface area contributed by atoms with Crippen molar-refractivity contribution in [3.05, 3.63) is 78.4 Å². The molecule has 0 saturated carbocycles. The Morgan fingerprint density at radius 1 is 1.08 bits per heavy atom. The van der Waals surface area contributed by atoms with Crippen LogP contribution in [0.15, 0.2) is 67.3 Å². The summed E-state index contributed by atoms with van der Waals surface area (Å²) in [4.78, 5) is 18.3. The lowest BCUT2D eigenvalue weighted by molar-refractivity contribution is 0.102. The van der Waals surface area contributed by atoms with Crippen LogP contribution in [0.2, 0.25) is 0 Å². The van der Waals surface area contributed by atoms with Crippen LogP contribution in [0, 0.1) is 0 Å². The summed E-state index contributed by atoms with van der Waals surface area (Å²) < 4.78 is 2.00. The molecule has 0 atom stereocenters. The number of carbonyl (C=O) groups is 1. The zero-order valence-electron chi connectivity index (χ0n) is 13.8. The minimum Gasteiger partial charge on any atom is -0.378 e. The second kappa shape index (κ2) is 7.00. The summed E-state index contributed by atoms with van der Waals surface area (Å²) in [5.41, 5.74) is 3.64. The Hall–Kier alpha value is -3.08. The smallest absolute Gasteiger partial charge is 0.255 e. The molecule has 0 bridgehead atoms. The zero-order chi connectivity index (χ0) is 16.9. The maximum Gasteiger partial charge on any atom is 0.255 e. The van der Waals surface area contributed by atoms with Gasteiger partial charge in [0.1, 0.15) is 0 Å². The number of nitrogens with one attached hydrogen (secondary N) is 1. The lowest BCUT2D eigenvalue weighted by atomic mass is 10.1. The number of anilines is 2. The van der Waals surface area contributed by atoms with Crippen LogP contribution in [0.3, 0.4) is 0 Å². The van der Waals surface area contributed by atoms with Gasteiger partial charge in [0.15, 0.2) is 0 Å². The Kier molecular flexibility index (Phi) is 4.61. The number of hydrogen-bond donors (Lipinski definition) is 1. The molecule has 0 unspecified atom stereocenters. The van der Waals surface area contributed by atoms with Gasteiger partial charge in [0.2, 0.25) is 0 Å². The molecule has 0 aliphatic carbocycles. The number of rotatable bonds is 5. The van der Waals surface area contributed by atoms with Crippen LogP contribution in [0.5, 0.6) is 0 Å². The summed E-state index contributed by atoms with van der Waals surface area (Å²) in [5, 5.41) is 2.92. The summed E-state index contributed by atoms with van der Waals surface area (Å²) in [6.45, 7) is 0.764. The predicted octanol–water partition coefficient (Wildman–Crippen LogP) is 3.25. The van der Waals surface area contributed by atoms with Gasteiger partial charge in [0, 0.05) is 50.0 Å². The Labute approximate surface area is 141 Å². The van der Waals surface area contributed by atoms with Crippen molar-refractivity contribution in [1.82, 2.24) is 9.55 Å². The van der Waals surface area contributed by atoms with E-state index in [1.54, 1.807) is 12.5 Å². The van der Waals surface area contributed by atoms with Crippen molar-refractivity contribution in [2.45, 2.75) is 6.54 Å². The molecule has 1 aromatic heterocycles. The second-order valence-electron chi connectivity index (χ2n) is 5.83. The van der Waals surface area contributed by atoms with Gasteiger partial charge >= 0.3 is 0 Å². The van der Waals surface area contributed by atoms with E-state index in [4.69, 9.17) is 0 Å². The number of amides is 1. The number of benzene rings is 2. The molecule has 122 valence electrons. The molecule has 1 heterocycles. The standard InChI is InChI=1S/C19H20N4O/c1-22(2)18-9-5-16(6-10-18)19(24)21-17-7-3-15(4-8-17)13-23-12-11-20-14-23/h3-12,14H,13H2,1-2H3,(H,21,24). The minimum absolute atomic E-state index is 0.109. The molecule has 0 spiro atoms. The fourth-order valence-electron chi connectivity index (χ4n) is 2.40. The van der Waals surface area contributed by atoms with Crippen LogP contribution in [0.25, 0.3) is 0 Å². The summed E-state index contributed by atoms with van der Waals surface area (Å²) in [6.07, 6.45) is 5.47. The maximum absolute atomic E-state index is 12.3. The lowest BCUT2D eigenvalue weighted by Crippen LogP contribution is -2.13. The Bertz CT molecular complexity index is 790. The molecule has 0 aliphatic heterocycles. The normalized spacial score (nSPS) is 10.4. The van der Waals surface area contributed by atoms with Crippen LogP contribution in [-0.4, -0.2) is 29.6 Å². The monoisotopic (exact) mass is 320 g/mol. The molecule has 3 rings (SSSR count). The van der Waals surface area contributed by atoms with Gasteiger partial charge in [-0.05, 0) is 42.0 Å². The largest absolute Gasteiger partial charge is 0.378 e. The van der Waals surface area contributed by atoms with Crippen molar-refractivity contribution in [3.8, 4) is 0 Å². The molecular formula is C19H20N4O. The van der Waals surface area contributed by atoms with Gasteiger partial charge in [-0.1, -0.05) is 12.1 Å². The molecule has 0 fully saturated rings. The van der Waals surface area contributed by atoms with E-state index in [0.29, 0.717) is 5.56 Å². The highest BCUT2D eigenvalue weighted by Crippen LogP contribution is 2.15. The van der Waals surface area contributed by atoms with Gasteiger partial charge in [0.05, 0.1) is 6.33 Å². The van der Waals surface area contributed by atoms with Crippen LogP contribution in [0.4, 0.5) is 11.4 Å². The first kappa shape index (κ1) is 15.8. The highest BCUT2D eigenvalue weighted by molar-refractivity contribution is 6.04. The predicted molar refractivity (Wildman–Crippen MR) is 96.5 cm³/mol. The molecule has 0 saturated heterocycles. The van der Waals surface area contributed by atoms with E-state index in [9.17, 15) is 4.79 Å². The van der Waals surface area contributed by atoms with E-state index in [0.717, 1.165) is 23.5 Å². The van der Waals surface area contributed by atoms with Gasteiger partial charge in [0.25, 0.3) is 5.91 Å². The van der Waals surface area contributed by atoms with E-state index in [2.05, 4.69) is 10.3 Å². The van der Waals surface area contributed by atoms with E-state index in [1.807, 2.05) is 78.3 Å². The molecule has 5 nitrogen and oxygen atoms in total. The van der Waals surface area contributed by atoms with Crippen molar-refractivity contribution in [3.63, 3.8) is 0 Å². The summed E-state index contributed by atoms with van der Waals surface area (Å²) >= 11 is 0. The summed E-state index contributed by atoms with van der Waals surface area (Å²) in [6, 6.07) is 15.4. The highest BCUT2D eigenvalue weighted by Gasteiger charge is 2.06. The van der Waals surface area contributed by atoms with Gasteiger partial charge in [-0.2, -0.15) is 0 Å². The molecule has 24 heavy (non-hydrogen) atoms. The quantitative estimate of drug-likeness (QED) is 0.785. The molecule has 1 N–H and O–H groups in total. The van der Waals surface area contributed by atoms with E-state index in [-0.39, 0.29) is 5.91 Å². The van der Waals surface area contributed by atoms with Gasteiger partial charge in [-0.15, -0.1) is 0 Å². The summed E-state index contributed by atoms with van der Waals surface area (Å²) in [5.74, 6) is -0.109. The number of hydrogen-bond acceptors (Lipinski definition) is 3. The van der Waals surface area contributed by atoms with Crippen molar-refractivity contribution < 1.29 is 4.79 Å². The summed E-state index contributed by atoms with van der Waals surface area (Å²) in [7, 11) is 3.95. The van der Waals surface area contributed by atoms with Gasteiger partial charge in [-0.25, -0.2) is 4.98 Å². The molecule has 5 heteroatoms.